The van der Waals surface area contributed by atoms with Gasteiger partial charge >= 0.3 is 0 Å². The van der Waals surface area contributed by atoms with Crippen LogP contribution < -0.4 is 5.32 Å². The second kappa shape index (κ2) is 8.19. The molecule has 0 aliphatic rings. The molecule has 4 aromatic rings. The molecule has 0 spiro atoms. The van der Waals surface area contributed by atoms with Gasteiger partial charge in [-0.2, -0.15) is 0 Å². The molecule has 0 saturated carbocycles. The molecule has 0 unspecified atom stereocenters. The van der Waals surface area contributed by atoms with Crippen molar-refractivity contribution >= 4 is 27.7 Å². The summed E-state index contributed by atoms with van der Waals surface area (Å²) in [5.74, 6) is -10.6. The van der Waals surface area contributed by atoms with Crippen LogP contribution in [-0.2, 0) is 6.54 Å². The maximum Gasteiger partial charge on any atom is 0.269 e. The van der Waals surface area contributed by atoms with Crippen molar-refractivity contribution in [1.29, 1.82) is 0 Å². The first-order valence-electron chi connectivity index (χ1n) is 9.54. The fourth-order valence-corrected chi connectivity index (χ4v) is 3.76. The minimum absolute atomic E-state index is 0.0274. The van der Waals surface area contributed by atoms with Gasteiger partial charge in [0.05, 0.1) is 24.4 Å². The number of carbonyl (C=O) groups is 1. The Morgan fingerprint density at radius 2 is 1.62 bits per heavy atom. The zero-order valence-corrected chi connectivity index (χ0v) is 16.6. The van der Waals surface area contributed by atoms with Crippen LogP contribution in [0.4, 0.5) is 22.0 Å². The molecular weight excluding hydrogens is 433 g/mol. The molecule has 0 fully saturated rings. The first-order valence-corrected chi connectivity index (χ1v) is 9.54. The fraction of sp³-hybridized carbons (Fsp3) is 0.182. The third-order valence-corrected chi connectivity index (χ3v) is 5.17. The third-order valence-electron chi connectivity index (χ3n) is 5.17. The lowest BCUT2D eigenvalue weighted by Crippen LogP contribution is -2.27. The minimum Gasteiger partial charge on any atom is -0.395 e. The van der Waals surface area contributed by atoms with E-state index < -0.39 is 47.1 Å². The number of nitrogens with zero attached hydrogens (tertiary/aromatic N) is 2. The number of aryl methyl sites for hydroxylation is 1. The van der Waals surface area contributed by atoms with E-state index in [9.17, 15) is 26.7 Å². The molecule has 4 rings (SSSR count). The largest absolute Gasteiger partial charge is 0.395 e. The molecule has 2 N–H and O–H groups in total. The van der Waals surface area contributed by atoms with E-state index in [1.165, 1.54) is 10.6 Å². The van der Waals surface area contributed by atoms with Crippen molar-refractivity contribution in [3.05, 3.63) is 76.4 Å². The standard InChI is InChI=1S/C22H16F5N3O2/c1-10-21-12(8-14(29-10)22(32)28-6-7-31)11-4-2-3-5-15(11)30(21)9-13-16(23)18(25)20(27)19(26)17(13)24/h2-5,8,31H,6-7,9H2,1H3,(H,28,32). The van der Waals surface area contributed by atoms with E-state index in [0.29, 0.717) is 27.5 Å². The van der Waals surface area contributed by atoms with Crippen LogP contribution in [0, 0.1) is 36.0 Å². The van der Waals surface area contributed by atoms with Crippen LogP contribution in [0.2, 0.25) is 0 Å². The van der Waals surface area contributed by atoms with Crippen LogP contribution in [0.25, 0.3) is 21.8 Å². The lowest BCUT2D eigenvalue weighted by atomic mass is 10.1. The Labute approximate surface area is 178 Å². The predicted molar refractivity (Wildman–Crippen MR) is 107 cm³/mol. The summed E-state index contributed by atoms with van der Waals surface area (Å²) in [6, 6.07) is 8.19. The van der Waals surface area contributed by atoms with Crippen molar-refractivity contribution in [2.75, 3.05) is 13.2 Å². The number of fused-ring (bicyclic) bond motifs is 3. The average molecular weight is 449 g/mol. The van der Waals surface area contributed by atoms with Gasteiger partial charge in [0.2, 0.25) is 5.82 Å². The number of halogens is 5. The number of aliphatic hydroxyl groups excluding tert-OH is 1. The van der Waals surface area contributed by atoms with Gasteiger partial charge in [-0.05, 0) is 19.1 Å². The lowest BCUT2D eigenvalue weighted by Gasteiger charge is -2.13. The van der Waals surface area contributed by atoms with Crippen LogP contribution in [-0.4, -0.2) is 33.7 Å². The Bertz CT molecular complexity index is 1350. The molecule has 0 atom stereocenters. The highest BCUT2D eigenvalue weighted by atomic mass is 19.2. The average Bonchev–Trinajstić information content (AvgIpc) is 3.11. The quantitative estimate of drug-likeness (QED) is 0.275. The molecule has 5 nitrogen and oxygen atoms in total. The minimum atomic E-state index is -2.22. The molecule has 32 heavy (non-hydrogen) atoms. The number of nitrogens with one attached hydrogen (secondary N) is 1. The van der Waals surface area contributed by atoms with Gasteiger partial charge in [-0.3, -0.25) is 4.79 Å². The lowest BCUT2D eigenvalue weighted by molar-refractivity contribution is 0.0940. The number of benzene rings is 2. The fourth-order valence-electron chi connectivity index (χ4n) is 3.76. The molecule has 0 saturated heterocycles. The number of pyridine rings is 1. The number of para-hydroxylation sites is 1. The summed E-state index contributed by atoms with van der Waals surface area (Å²) in [5, 5.41) is 12.5. The SMILES string of the molecule is Cc1nc(C(=O)NCCO)cc2c3ccccc3n(Cc3c(F)c(F)c(F)c(F)c3F)c12. The van der Waals surface area contributed by atoms with Crippen LogP contribution in [0.1, 0.15) is 21.7 Å². The van der Waals surface area contributed by atoms with Crippen molar-refractivity contribution in [2.24, 2.45) is 0 Å². The Morgan fingerprint density at radius 1 is 1.00 bits per heavy atom. The predicted octanol–water partition coefficient (Wildman–Crippen LogP) is 3.96. The van der Waals surface area contributed by atoms with E-state index in [0.717, 1.165) is 0 Å². The van der Waals surface area contributed by atoms with Crippen LogP contribution in [0.5, 0.6) is 0 Å². The van der Waals surface area contributed by atoms with Crippen LogP contribution in [0.3, 0.4) is 0 Å². The summed E-state index contributed by atoms with van der Waals surface area (Å²) in [4.78, 5) is 16.6. The van der Waals surface area contributed by atoms with Crippen molar-refractivity contribution < 1.29 is 31.9 Å². The van der Waals surface area contributed by atoms with Gasteiger partial charge in [0, 0.05) is 28.4 Å². The van der Waals surface area contributed by atoms with E-state index in [2.05, 4.69) is 10.3 Å². The number of aromatic nitrogens is 2. The number of rotatable bonds is 5. The smallest absolute Gasteiger partial charge is 0.269 e. The molecule has 0 aliphatic carbocycles. The number of hydrogen-bond acceptors (Lipinski definition) is 3. The molecule has 0 aliphatic heterocycles. The first-order chi connectivity index (χ1) is 15.3. The molecule has 166 valence electrons. The van der Waals surface area contributed by atoms with Gasteiger partial charge in [-0.25, -0.2) is 26.9 Å². The van der Waals surface area contributed by atoms with E-state index in [1.807, 2.05) is 0 Å². The monoisotopic (exact) mass is 449 g/mol. The third kappa shape index (κ3) is 3.36. The van der Waals surface area contributed by atoms with Crippen LogP contribution in [0.15, 0.2) is 30.3 Å². The molecule has 2 aromatic carbocycles. The highest BCUT2D eigenvalue weighted by molar-refractivity contribution is 6.10. The zero-order valence-electron chi connectivity index (χ0n) is 16.6. The maximum absolute atomic E-state index is 14.4. The highest BCUT2D eigenvalue weighted by Crippen LogP contribution is 2.33. The molecule has 0 radical (unpaired) electrons. The van der Waals surface area contributed by atoms with E-state index in [4.69, 9.17) is 5.11 Å². The Morgan fingerprint density at radius 3 is 2.28 bits per heavy atom. The van der Waals surface area contributed by atoms with Crippen molar-refractivity contribution in [2.45, 2.75) is 13.5 Å². The van der Waals surface area contributed by atoms with Gasteiger partial charge in [0.1, 0.15) is 5.69 Å². The molecule has 1 amide bonds. The summed E-state index contributed by atoms with van der Waals surface area (Å²) >= 11 is 0. The molecule has 0 bridgehead atoms. The van der Waals surface area contributed by atoms with E-state index in [-0.39, 0.29) is 18.8 Å². The first kappa shape index (κ1) is 21.7. The number of hydrogen-bond donors (Lipinski definition) is 2. The second-order valence-corrected chi connectivity index (χ2v) is 7.12. The summed E-state index contributed by atoms with van der Waals surface area (Å²) in [6.07, 6.45) is 0. The Kier molecular flexibility index (Phi) is 5.55. The van der Waals surface area contributed by atoms with E-state index in [1.54, 1.807) is 31.2 Å². The maximum atomic E-state index is 14.4. The molecule has 2 heterocycles. The van der Waals surface area contributed by atoms with E-state index >= 15 is 0 Å². The van der Waals surface area contributed by atoms with Gasteiger partial charge in [0.15, 0.2) is 23.3 Å². The van der Waals surface area contributed by atoms with Gasteiger partial charge in [-0.1, -0.05) is 18.2 Å². The molecule has 2 aromatic heterocycles. The Balaban J connectivity index is 1.96. The van der Waals surface area contributed by atoms with Gasteiger partial charge in [0.25, 0.3) is 5.91 Å². The summed E-state index contributed by atoms with van der Waals surface area (Å²) in [7, 11) is 0. The van der Waals surface area contributed by atoms with Crippen molar-refractivity contribution in [1.82, 2.24) is 14.9 Å². The number of aliphatic hydroxyl groups is 1. The van der Waals surface area contributed by atoms with Crippen LogP contribution >= 0.6 is 0 Å². The van der Waals surface area contributed by atoms with Crippen molar-refractivity contribution in [3.63, 3.8) is 0 Å². The van der Waals surface area contributed by atoms with Gasteiger partial charge in [-0.15, -0.1) is 0 Å². The summed E-state index contributed by atoms with van der Waals surface area (Å²) in [5.41, 5.74) is 0.241. The topological polar surface area (TPSA) is 67.2 Å². The number of carbonyl (C=O) groups excluding carboxylic acids is 1. The number of amides is 1. The normalized spacial score (nSPS) is 11.5. The highest BCUT2D eigenvalue weighted by Gasteiger charge is 2.27. The van der Waals surface area contributed by atoms with Gasteiger partial charge < -0.3 is 15.0 Å². The summed E-state index contributed by atoms with van der Waals surface area (Å²) < 4.78 is 71.1. The molecular formula is C22H16F5N3O2. The second-order valence-electron chi connectivity index (χ2n) is 7.12. The molecule has 10 heteroatoms. The summed E-state index contributed by atoms with van der Waals surface area (Å²) in [6.45, 7) is 0.696. The zero-order chi connectivity index (χ0) is 23.2. The Hall–Kier alpha value is -3.53. The van der Waals surface area contributed by atoms with Crippen molar-refractivity contribution in [3.8, 4) is 0 Å².